The van der Waals surface area contributed by atoms with Gasteiger partial charge in [-0.1, -0.05) is 30.0 Å². The number of carbonyl (C=O) groups excluding carboxylic acids is 1. The molecule has 1 heterocycles. The molecule has 0 atom stereocenters. The molecule has 3 aromatic rings. The summed E-state index contributed by atoms with van der Waals surface area (Å²) < 4.78 is 49.9. The van der Waals surface area contributed by atoms with Crippen molar-refractivity contribution < 1.29 is 22.0 Å². The first-order valence-corrected chi connectivity index (χ1v) is 11.3. The highest BCUT2D eigenvalue weighted by Gasteiger charge is 2.26. The molecule has 1 aromatic heterocycles. The average Bonchev–Trinajstić information content (AvgIpc) is 3.07. The second kappa shape index (κ2) is 8.92. The topological polar surface area (TPSA) is 93.9 Å². The number of benzene rings is 2. The third-order valence-corrected chi connectivity index (χ3v) is 6.51. The van der Waals surface area contributed by atoms with E-state index < -0.39 is 20.5 Å². The van der Waals surface area contributed by atoms with E-state index in [1.165, 1.54) is 23.9 Å². The number of anilines is 1. The SMILES string of the molecule is Cc1ccccc1-n1c(C)nnc1SCC(=O)Nc1ccc(S(=O)(=O)C(F)F)cc1. The van der Waals surface area contributed by atoms with Crippen molar-refractivity contribution in [1.82, 2.24) is 14.8 Å². The van der Waals surface area contributed by atoms with Gasteiger partial charge in [0.1, 0.15) is 5.82 Å². The Bertz CT molecular complexity index is 1160. The molecule has 0 saturated heterocycles. The molecule has 7 nitrogen and oxygen atoms in total. The van der Waals surface area contributed by atoms with Crippen molar-refractivity contribution in [3.05, 3.63) is 59.9 Å². The van der Waals surface area contributed by atoms with Crippen molar-refractivity contribution >= 4 is 33.2 Å². The summed E-state index contributed by atoms with van der Waals surface area (Å²) in [6, 6.07) is 12.3. The third-order valence-electron chi connectivity index (χ3n) is 4.19. The molecule has 0 radical (unpaired) electrons. The van der Waals surface area contributed by atoms with Crippen LogP contribution in [0.15, 0.2) is 58.6 Å². The van der Waals surface area contributed by atoms with Crippen LogP contribution in [0.25, 0.3) is 5.69 Å². The first-order valence-electron chi connectivity index (χ1n) is 8.73. The van der Waals surface area contributed by atoms with Gasteiger partial charge in [-0.05, 0) is 49.7 Å². The standard InChI is InChI=1S/C19H18F2N4O3S2/c1-12-5-3-4-6-16(12)25-13(2)23-24-19(25)29-11-17(26)22-14-7-9-15(10-8-14)30(27,28)18(20)21/h3-10,18H,11H2,1-2H3,(H,22,26). The average molecular weight is 453 g/mol. The van der Waals surface area contributed by atoms with Crippen LogP contribution in [0.2, 0.25) is 0 Å². The lowest BCUT2D eigenvalue weighted by Crippen LogP contribution is -2.15. The van der Waals surface area contributed by atoms with Gasteiger partial charge < -0.3 is 5.32 Å². The summed E-state index contributed by atoms with van der Waals surface area (Å²) in [6.07, 6.45) is 0. The maximum Gasteiger partial charge on any atom is 0.341 e. The van der Waals surface area contributed by atoms with E-state index >= 15 is 0 Å². The van der Waals surface area contributed by atoms with Crippen LogP contribution in [0.3, 0.4) is 0 Å². The van der Waals surface area contributed by atoms with Crippen LogP contribution in [0.1, 0.15) is 11.4 Å². The van der Waals surface area contributed by atoms with Gasteiger partial charge in [0.2, 0.25) is 15.7 Å². The quantitative estimate of drug-likeness (QED) is 0.551. The third kappa shape index (κ3) is 4.68. The van der Waals surface area contributed by atoms with Gasteiger partial charge in [-0.2, -0.15) is 8.78 Å². The van der Waals surface area contributed by atoms with Crippen LogP contribution in [-0.2, 0) is 14.6 Å². The number of rotatable bonds is 7. The molecule has 1 amide bonds. The van der Waals surface area contributed by atoms with Crippen molar-refractivity contribution in [1.29, 1.82) is 0 Å². The molecule has 2 aromatic carbocycles. The molecule has 11 heteroatoms. The zero-order valence-electron chi connectivity index (χ0n) is 16.0. The van der Waals surface area contributed by atoms with Crippen molar-refractivity contribution in [2.45, 2.75) is 29.7 Å². The van der Waals surface area contributed by atoms with Crippen LogP contribution in [0, 0.1) is 13.8 Å². The number of aryl methyl sites for hydroxylation is 2. The van der Waals surface area contributed by atoms with Gasteiger partial charge in [-0.15, -0.1) is 10.2 Å². The largest absolute Gasteiger partial charge is 0.341 e. The fraction of sp³-hybridized carbons (Fsp3) is 0.211. The van der Waals surface area contributed by atoms with Gasteiger partial charge >= 0.3 is 5.76 Å². The number of carbonyl (C=O) groups is 1. The minimum Gasteiger partial charge on any atom is -0.325 e. The molecule has 30 heavy (non-hydrogen) atoms. The van der Waals surface area contributed by atoms with Crippen molar-refractivity contribution in [2.75, 3.05) is 11.1 Å². The maximum absolute atomic E-state index is 12.6. The minimum absolute atomic E-state index is 0.0289. The Morgan fingerprint density at radius 1 is 1.10 bits per heavy atom. The van der Waals surface area contributed by atoms with Gasteiger partial charge in [0.15, 0.2) is 5.16 Å². The summed E-state index contributed by atoms with van der Waals surface area (Å²) in [5.74, 6) is -3.14. The molecule has 0 aliphatic rings. The Balaban J connectivity index is 1.67. The summed E-state index contributed by atoms with van der Waals surface area (Å²) in [4.78, 5) is 11.8. The molecule has 0 unspecified atom stereocenters. The number of hydrogen-bond donors (Lipinski definition) is 1. The van der Waals surface area contributed by atoms with E-state index in [2.05, 4.69) is 15.5 Å². The Labute approximate surface area is 176 Å². The summed E-state index contributed by atoms with van der Waals surface area (Å²) in [5, 5.41) is 11.4. The van der Waals surface area contributed by atoms with E-state index in [-0.39, 0.29) is 11.7 Å². The number of amides is 1. The lowest BCUT2D eigenvalue weighted by Gasteiger charge is -2.11. The number of halogens is 2. The number of alkyl halides is 2. The van der Waals surface area contributed by atoms with Crippen molar-refractivity contribution in [3.63, 3.8) is 0 Å². The molecular weight excluding hydrogens is 434 g/mol. The monoisotopic (exact) mass is 452 g/mol. The Morgan fingerprint density at radius 3 is 2.40 bits per heavy atom. The number of para-hydroxylation sites is 1. The molecule has 158 valence electrons. The van der Waals surface area contributed by atoms with Crippen LogP contribution in [0.5, 0.6) is 0 Å². The maximum atomic E-state index is 12.6. The molecule has 0 aliphatic heterocycles. The summed E-state index contributed by atoms with van der Waals surface area (Å²) in [7, 11) is -4.67. The smallest absolute Gasteiger partial charge is 0.325 e. The number of thioether (sulfide) groups is 1. The molecule has 0 bridgehead atoms. The van der Waals surface area contributed by atoms with Gasteiger partial charge in [0, 0.05) is 5.69 Å². The zero-order valence-corrected chi connectivity index (χ0v) is 17.7. The summed E-state index contributed by atoms with van der Waals surface area (Å²) >= 11 is 1.19. The van der Waals surface area contributed by atoms with Gasteiger partial charge in [-0.3, -0.25) is 9.36 Å². The van der Waals surface area contributed by atoms with E-state index in [1.807, 2.05) is 42.7 Å². The highest BCUT2D eigenvalue weighted by Crippen LogP contribution is 2.24. The molecule has 0 saturated carbocycles. The van der Waals surface area contributed by atoms with E-state index in [9.17, 15) is 22.0 Å². The fourth-order valence-corrected chi connectivity index (χ4v) is 4.20. The van der Waals surface area contributed by atoms with Gasteiger partial charge in [0.05, 0.1) is 16.3 Å². The normalized spacial score (nSPS) is 11.6. The van der Waals surface area contributed by atoms with Crippen LogP contribution < -0.4 is 5.32 Å². The molecule has 0 fully saturated rings. The summed E-state index contributed by atoms with van der Waals surface area (Å²) in [5.41, 5.74) is 2.25. The van der Waals surface area contributed by atoms with Crippen LogP contribution >= 0.6 is 11.8 Å². The number of nitrogens with zero attached hydrogens (tertiary/aromatic N) is 3. The number of aromatic nitrogens is 3. The number of sulfone groups is 1. The molecule has 0 aliphatic carbocycles. The first kappa shape index (κ1) is 21.9. The predicted molar refractivity (Wildman–Crippen MR) is 110 cm³/mol. The lowest BCUT2D eigenvalue weighted by atomic mass is 10.2. The van der Waals surface area contributed by atoms with Gasteiger partial charge in [-0.25, -0.2) is 8.42 Å². The molecule has 0 spiro atoms. The predicted octanol–water partition coefficient (Wildman–Crippen LogP) is 3.61. The fourth-order valence-electron chi connectivity index (χ4n) is 2.69. The molecule has 3 rings (SSSR count). The number of hydrogen-bond acceptors (Lipinski definition) is 6. The van der Waals surface area contributed by atoms with Crippen molar-refractivity contribution in [3.8, 4) is 5.69 Å². The van der Waals surface area contributed by atoms with Crippen molar-refractivity contribution in [2.24, 2.45) is 0 Å². The van der Waals surface area contributed by atoms with Crippen LogP contribution in [0.4, 0.5) is 14.5 Å². The lowest BCUT2D eigenvalue weighted by molar-refractivity contribution is -0.113. The zero-order chi connectivity index (χ0) is 21.9. The van der Waals surface area contributed by atoms with Crippen LogP contribution in [-0.4, -0.2) is 40.6 Å². The Morgan fingerprint density at radius 2 is 1.77 bits per heavy atom. The van der Waals surface area contributed by atoms with E-state index in [4.69, 9.17) is 0 Å². The van der Waals surface area contributed by atoms with E-state index in [0.717, 1.165) is 23.4 Å². The highest BCUT2D eigenvalue weighted by atomic mass is 32.2. The van der Waals surface area contributed by atoms with E-state index in [0.29, 0.717) is 16.7 Å². The molecule has 1 N–H and O–H groups in total. The second-order valence-corrected chi connectivity index (χ2v) is 9.18. The number of nitrogens with one attached hydrogen (secondary N) is 1. The first-order chi connectivity index (χ1) is 14.2. The Kier molecular flexibility index (Phi) is 6.52. The summed E-state index contributed by atoms with van der Waals surface area (Å²) in [6.45, 7) is 3.78. The Hall–Kier alpha value is -2.79. The molecular formula is C19H18F2N4O3S2. The second-order valence-electron chi connectivity index (χ2n) is 6.32. The van der Waals surface area contributed by atoms with Gasteiger partial charge in [0.25, 0.3) is 0 Å². The minimum atomic E-state index is -4.67. The highest BCUT2D eigenvalue weighted by molar-refractivity contribution is 7.99. The van der Waals surface area contributed by atoms with E-state index in [1.54, 1.807) is 0 Å².